The number of amides is 1. The van der Waals surface area contributed by atoms with Gasteiger partial charge in [-0.25, -0.2) is 13.4 Å². The molecule has 0 saturated carbocycles. The van der Waals surface area contributed by atoms with Crippen molar-refractivity contribution in [2.24, 2.45) is 0 Å². The quantitative estimate of drug-likeness (QED) is 0.430. The Bertz CT molecular complexity index is 1440. The van der Waals surface area contributed by atoms with Gasteiger partial charge in [0, 0.05) is 31.2 Å². The second-order valence-corrected chi connectivity index (χ2v) is 10.4. The molecular weight excluding hydrogens is 497 g/mol. The SMILES string of the molecule is Cc1ccc(N(C)S(C)(=O)=O)c(CNc2nc(Nc3ccc4c(c3)NC(=O)C4)ncc2C(F)(F)F)c1. The topological polar surface area (TPSA) is 116 Å². The summed E-state index contributed by atoms with van der Waals surface area (Å²) in [4.78, 5) is 19.4. The van der Waals surface area contributed by atoms with Crippen LogP contribution in [0.15, 0.2) is 42.6 Å². The second kappa shape index (κ2) is 9.30. The molecule has 0 aliphatic carbocycles. The number of carbonyl (C=O) groups is 1. The van der Waals surface area contributed by atoms with Crippen molar-refractivity contribution in [2.45, 2.75) is 26.1 Å². The fourth-order valence-electron chi connectivity index (χ4n) is 3.73. The Labute approximate surface area is 205 Å². The molecule has 0 saturated heterocycles. The standard InChI is InChI=1S/C23H23F3N6O3S/c1-13-4-7-19(32(2)36(3,34)35)15(8-13)11-27-21-17(23(24,25)26)12-28-22(31-21)29-16-6-5-14-9-20(33)30-18(14)10-16/h4-8,10,12H,9,11H2,1-3H3,(H,30,33)(H2,27,28,29,31). The number of hydrogen-bond donors (Lipinski definition) is 3. The molecule has 1 aliphatic heterocycles. The number of aryl methyl sites for hydroxylation is 1. The highest BCUT2D eigenvalue weighted by Gasteiger charge is 2.35. The number of fused-ring (bicyclic) bond motifs is 1. The van der Waals surface area contributed by atoms with E-state index >= 15 is 0 Å². The summed E-state index contributed by atoms with van der Waals surface area (Å²) in [6, 6.07) is 10.1. The molecule has 190 valence electrons. The van der Waals surface area contributed by atoms with Crippen LogP contribution in [0.1, 0.15) is 22.3 Å². The molecule has 0 fully saturated rings. The van der Waals surface area contributed by atoms with Crippen LogP contribution in [-0.2, 0) is 34.0 Å². The molecule has 1 aromatic heterocycles. The number of nitrogens with one attached hydrogen (secondary N) is 3. The van der Waals surface area contributed by atoms with Crippen molar-refractivity contribution in [3.8, 4) is 0 Å². The molecule has 0 atom stereocenters. The van der Waals surface area contributed by atoms with Gasteiger partial charge in [-0.2, -0.15) is 18.2 Å². The number of sulfonamides is 1. The monoisotopic (exact) mass is 520 g/mol. The van der Waals surface area contributed by atoms with Gasteiger partial charge in [0.25, 0.3) is 0 Å². The Kier molecular flexibility index (Phi) is 6.52. The summed E-state index contributed by atoms with van der Waals surface area (Å²) in [6.07, 6.45) is -2.75. The van der Waals surface area contributed by atoms with Gasteiger partial charge in [0.2, 0.25) is 21.9 Å². The fraction of sp³-hybridized carbons (Fsp3) is 0.261. The van der Waals surface area contributed by atoms with Crippen LogP contribution < -0.4 is 20.3 Å². The van der Waals surface area contributed by atoms with Crippen molar-refractivity contribution < 1.29 is 26.4 Å². The van der Waals surface area contributed by atoms with E-state index in [1.165, 1.54) is 7.05 Å². The molecular formula is C23H23F3N6O3S. The van der Waals surface area contributed by atoms with Crippen molar-refractivity contribution in [3.63, 3.8) is 0 Å². The van der Waals surface area contributed by atoms with E-state index < -0.39 is 27.6 Å². The van der Waals surface area contributed by atoms with Gasteiger partial charge < -0.3 is 16.0 Å². The Morgan fingerprint density at radius 1 is 1.17 bits per heavy atom. The molecule has 4 rings (SSSR count). The molecule has 3 aromatic rings. The minimum Gasteiger partial charge on any atom is -0.365 e. The maximum atomic E-state index is 13.7. The third-order valence-electron chi connectivity index (χ3n) is 5.60. The lowest BCUT2D eigenvalue weighted by atomic mass is 10.1. The van der Waals surface area contributed by atoms with Gasteiger partial charge in [-0.15, -0.1) is 0 Å². The summed E-state index contributed by atoms with van der Waals surface area (Å²) in [6.45, 7) is 1.67. The first kappa shape index (κ1) is 25.2. The zero-order valence-corrected chi connectivity index (χ0v) is 20.4. The second-order valence-electron chi connectivity index (χ2n) is 8.39. The summed E-state index contributed by atoms with van der Waals surface area (Å²) in [7, 11) is -2.22. The zero-order chi connectivity index (χ0) is 26.3. The highest BCUT2D eigenvalue weighted by molar-refractivity contribution is 7.92. The number of carbonyl (C=O) groups excluding carboxylic acids is 1. The molecule has 1 aliphatic rings. The molecule has 0 radical (unpaired) electrons. The van der Waals surface area contributed by atoms with Crippen LogP contribution in [0.3, 0.4) is 0 Å². The number of hydrogen-bond acceptors (Lipinski definition) is 7. The van der Waals surface area contributed by atoms with Crippen molar-refractivity contribution >= 4 is 44.8 Å². The van der Waals surface area contributed by atoms with Gasteiger partial charge in [0.1, 0.15) is 11.4 Å². The van der Waals surface area contributed by atoms with Crippen molar-refractivity contribution in [3.05, 3.63) is 64.8 Å². The van der Waals surface area contributed by atoms with Gasteiger partial charge in [0.05, 0.1) is 18.4 Å². The molecule has 36 heavy (non-hydrogen) atoms. The van der Waals surface area contributed by atoms with Gasteiger partial charge in [-0.3, -0.25) is 9.10 Å². The Morgan fingerprint density at radius 3 is 2.61 bits per heavy atom. The Hall–Kier alpha value is -3.87. The molecule has 13 heteroatoms. The summed E-state index contributed by atoms with van der Waals surface area (Å²) in [5, 5.41) is 8.25. The maximum Gasteiger partial charge on any atom is 0.421 e. The number of anilines is 5. The van der Waals surface area contributed by atoms with Crippen LogP contribution in [-0.4, -0.2) is 37.6 Å². The maximum absolute atomic E-state index is 13.7. The minimum atomic E-state index is -4.72. The fourth-order valence-corrected chi connectivity index (χ4v) is 4.26. The Balaban J connectivity index is 1.63. The largest absolute Gasteiger partial charge is 0.421 e. The highest BCUT2D eigenvalue weighted by Crippen LogP contribution is 2.35. The van der Waals surface area contributed by atoms with E-state index in [0.717, 1.165) is 21.7 Å². The normalized spacial score (nSPS) is 13.2. The molecule has 9 nitrogen and oxygen atoms in total. The third kappa shape index (κ3) is 5.51. The van der Waals surface area contributed by atoms with E-state index in [4.69, 9.17) is 0 Å². The minimum absolute atomic E-state index is 0.0903. The van der Waals surface area contributed by atoms with Gasteiger partial charge in [-0.1, -0.05) is 23.8 Å². The van der Waals surface area contributed by atoms with Crippen LogP contribution in [0.25, 0.3) is 0 Å². The van der Waals surface area contributed by atoms with Crippen LogP contribution in [0.5, 0.6) is 0 Å². The predicted molar refractivity (Wildman–Crippen MR) is 131 cm³/mol. The lowest BCUT2D eigenvalue weighted by molar-refractivity contribution is -0.137. The number of nitrogens with zero attached hydrogens (tertiary/aromatic N) is 3. The summed E-state index contributed by atoms with van der Waals surface area (Å²) >= 11 is 0. The molecule has 2 heterocycles. The third-order valence-corrected chi connectivity index (χ3v) is 6.79. The molecule has 0 bridgehead atoms. The van der Waals surface area contributed by atoms with E-state index in [1.807, 2.05) is 0 Å². The van der Waals surface area contributed by atoms with Crippen molar-refractivity contribution in [2.75, 3.05) is 33.6 Å². The average Bonchev–Trinajstić information content (AvgIpc) is 3.15. The first-order valence-corrected chi connectivity index (χ1v) is 12.6. The van der Waals surface area contributed by atoms with Gasteiger partial charge >= 0.3 is 6.18 Å². The van der Waals surface area contributed by atoms with Crippen molar-refractivity contribution in [1.82, 2.24) is 9.97 Å². The number of benzene rings is 2. The van der Waals surface area contributed by atoms with Crippen LogP contribution in [0.2, 0.25) is 0 Å². The highest BCUT2D eigenvalue weighted by atomic mass is 32.2. The van der Waals surface area contributed by atoms with Crippen LogP contribution >= 0.6 is 0 Å². The lowest BCUT2D eigenvalue weighted by Crippen LogP contribution is -2.26. The first-order valence-electron chi connectivity index (χ1n) is 10.7. The molecule has 0 spiro atoms. The first-order chi connectivity index (χ1) is 16.8. The van der Waals surface area contributed by atoms with E-state index in [9.17, 15) is 26.4 Å². The van der Waals surface area contributed by atoms with E-state index in [-0.39, 0.29) is 24.8 Å². The average molecular weight is 521 g/mol. The van der Waals surface area contributed by atoms with Crippen LogP contribution in [0, 0.1) is 6.92 Å². The van der Waals surface area contributed by atoms with E-state index in [1.54, 1.807) is 43.3 Å². The smallest absolute Gasteiger partial charge is 0.365 e. The number of rotatable bonds is 7. The van der Waals surface area contributed by atoms with Gasteiger partial charge in [-0.05, 0) is 36.2 Å². The molecule has 1 amide bonds. The summed E-state index contributed by atoms with van der Waals surface area (Å²) in [5.74, 6) is -0.701. The number of alkyl halides is 3. The van der Waals surface area contributed by atoms with Gasteiger partial charge in [0.15, 0.2) is 0 Å². The van der Waals surface area contributed by atoms with E-state index in [2.05, 4.69) is 25.9 Å². The van der Waals surface area contributed by atoms with Crippen molar-refractivity contribution in [1.29, 1.82) is 0 Å². The number of halogens is 3. The molecule has 0 unspecified atom stereocenters. The molecule has 2 aromatic carbocycles. The lowest BCUT2D eigenvalue weighted by Gasteiger charge is -2.22. The summed E-state index contributed by atoms with van der Waals surface area (Å²) < 4.78 is 66.2. The zero-order valence-electron chi connectivity index (χ0n) is 19.6. The predicted octanol–water partition coefficient (Wildman–Crippen LogP) is 4.05. The van der Waals surface area contributed by atoms with E-state index in [0.29, 0.717) is 28.8 Å². The molecule has 3 N–H and O–H groups in total. The summed E-state index contributed by atoms with van der Waals surface area (Å²) in [5.41, 5.74) is 2.45. The Morgan fingerprint density at radius 2 is 1.92 bits per heavy atom. The number of aromatic nitrogens is 2. The van der Waals surface area contributed by atoms with Crippen LogP contribution in [0.4, 0.5) is 42.0 Å².